The Morgan fingerprint density at radius 3 is 2.93 bits per heavy atom. The highest BCUT2D eigenvalue weighted by Crippen LogP contribution is 2.23. The van der Waals surface area contributed by atoms with Crippen LogP contribution in [0.2, 0.25) is 0 Å². The Morgan fingerprint density at radius 1 is 1.50 bits per heavy atom. The number of halogens is 1. The van der Waals surface area contributed by atoms with Gasteiger partial charge in [0.05, 0.1) is 18.2 Å². The van der Waals surface area contributed by atoms with Gasteiger partial charge in [-0.3, -0.25) is 0 Å². The molecular formula is C8H11BrN2O2S. The average Bonchev–Trinajstić information content (AvgIpc) is 2.21. The van der Waals surface area contributed by atoms with Gasteiger partial charge in [-0.2, -0.15) is 4.98 Å². The van der Waals surface area contributed by atoms with Crippen molar-refractivity contribution in [2.24, 2.45) is 0 Å². The van der Waals surface area contributed by atoms with Crippen molar-refractivity contribution in [2.45, 2.75) is 5.16 Å². The molecule has 1 rings (SSSR count). The smallest absolute Gasteiger partial charge is 0.231 e. The number of hydrogen-bond acceptors (Lipinski definition) is 5. The molecule has 78 valence electrons. The van der Waals surface area contributed by atoms with E-state index in [0.29, 0.717) is 17.6 Å². The average molecular weight is 279 g/mol. The molecule has 0 aromatic carbocycles. The number of methoxy groups -OCH3 is 2. The summed E-state index contributed by atoms with van der Waals surface area (Å²) in [5.41, 5.74) is 0. The fourth-order valence-corrected chi connectivity index (χ4v) is 1.83. The topological polar surface area (TPSA) is 44.2 Å². The lowest BCUT2D eigenvalue weighted by Gasteiger charge is -2.03. The van der Waals surface area contributed by atoms with E-state index < -0.39 is 0 Å². The molecular weight excluding hydrogens is 268 g/mol. The maximum atomic E-state index is 5.05. The van der Waals surface area contributed by atoms with Gasteiger partial charge in [-0.05, 0) is 15.9 Å². The van der Waals surface area contributed by atoms with E-state index in [0.717, 1.165) is 10.2 Å². The van der Waals surface area contributed by atoms with Crippen LogP contribution in [0.5, 0.6) is 5.88 Å². The summed E-state index contributed by atoms with van der Waals surface area (Å²) in [6.45, 7) is 0.687. The van der Waals surface area contributed by atoms with Crippen LogP contribution in [0.25, 0.3) is 0 Å². The molecule has 14 heavy (non-hydrogen) atoms. The monoisotopic (exact) mass is 278 g/mol. The van der Waals surface area contributed by atoms with Crippen LogP contribution in [0, 0.1) is 0 Å². The summed E-state index contributed by atoms with van der Waals surface area (Å²) in [6, 6.07) is 0. The normalized spacial score (nSPS) is 10.2. The fraction of sp³-hybridized carbons (Fsp3) is 0.500. The molecule has 0 aliphatic heterocycles. The Hall–Kier alpha value is -0.330. The van der Waals surface area contributed by atoms with E-state index in [1.807, 2.05) is 0 Å². The number of rotatable bonds is 5. The predicted molar refractivity (Wildman–Crippen MR) is 58.9 cm³/mol. The van der Waals surface area contributed by atoms with Crippen molar-refractivity contribution in [1.82, 2.24) is 9.97 Å². The van der Waals surface area contributed by atoms with Gasteiger partial charge in [-0.25, -0.2) is 4.98 Å². The largest absolute Gasteiger partial charge is 0.480 e. The second-order valence-electron chi connectivity index (χ2n) is 2.35. The van der Waals surface area contributed by atoms with Gasteiger partial charge >= 0.3 is 0 Å². The van der Waals surface area contributed by atoms with E-state index in [2.05, 4.69) is 25.9 Å². The van der Waals surface area contributed by atoms with Crippen molar-refractivity contribution >= 4 is 27.7 Å². The van der Waals surface area contributed by atoms with Crippen molar-refractivity contribution in [2.75, 3.05) is 26.6 Å². The second-order valence-corrected chi connectivity index (χ2v) is 4.27. The van der Waals surface area contributed by atoms with Crippen LogP contribution < -0.4 is 4.74 Å². The molecule has 0 bridgehead atoms. The van der Waals surface area contributed by atoms with E-state index in [4.69, 9.17) is 9.47 Å². The maximum Gasteiger partial charge on any atom is 0.231 e. The summed E-state index contributed by atoms with van der Waals surface area (Å²) in [5.74, 6) is 1.39. The van der Waals surface area contributed by atoms with E-state index in [9.17, 15) is 0 Å². The molecule has 0 unspecified atom stereocenters. The molecule has 0 fully saturated rings. The van der Waals surface area contributed by atoms with Crippen molar-refractivity contribution in [3.8, 4) is 5.88 Å². The summed E-state index contributed by atoms with van der Waals surface area (Å²) in [5, 5.41) is 0.696. The first-order chi connectivity index (χ1) is 6.77. The maximum absolute atomic E-state index is 5.05. The van der Waals surface area contributed by atoms with Crippen LogP contribution in [-0.2, 0) is 4.74 Å². The Balaban J connectivity index is 2.60. The summed E-state index contributed by atoms with van der Waals surface area (Å²) < 4.78 is 10.7. The van der Waals surface area contributed by atoms with E-state index in [1.165, 1.54) is 11.8 Å². The predicted octanol–water partition coefficient (Wildman–Crippen LogP) is 1.99. The SMILES string of the molecule is COCCSc1ncc(Br)c(OC)n1. The van der Waals surface area contributed by atoms with Gasteiger partial charge in [0.2, 0.25) is 5.88 Å². The molecule has 0 aliphatic rings. The Morgan fingerprint density at radius 2 is 2.29 bits per heavy atom. The lowest BCUT2D eigenvalue weighted by atomic mass is 10.6. The zero-order chi connectivity index (χ0) is 10.4. The summed E-state index contributed by atoms with van der Waals surface area (Å²) in [7, 11) is 3.25. The van der Waals surface area contributed by atoms with Crippen LogP contribution >= 0.6 is 27.7 Å². The third kappa shape index (κ3) is 3.43. The number of nitrogens with zero attached hydrogens (tertiary/aromatic N) is 2. The van der Waals surface area contributed by atoms with Crippen LogP contribution in [0.1, 0.15) is 0 Å². The van der Waals surface area contributed by atoms with Crippen molar-refractivity contribution in [1.29, 1.82) is 0 Å². The standard InChI is InChI=1S/C8H11BrN2O2S/c1-12-3-4-14-8-10-5-6(9)7(11-8)13-2/h5H,3-4H2,1-2H3. The van der Waals surface area contributed by atoms with Gasteiger partial charge in [0.15, 0.2) is 5.16 Å². The molecule has 0 atom stereocenters. The minimum Gasteiger partial charge on any atom is -0.480 e. The van der Waals surface area contributed by atoms with Crippen LogP contribution in [-0.4, -0.2) is 36.5 Å². The Labute approximate surface area is 95.5 Å². The summed E-state index contributed by atoms with van der Waals surface area (Å²) >= 11 is 4.82. The summed E-state index contributed by atoms with van der Waals surface area (Å²) in [6.07, 6.45) is 1.68. The molecule has 1 aromatic rings. The van der Waals surface area contributed by atoms with E-state index in [-0.39, 0.29) is 0 Å². The molecule has 0 N–H and O–H groups in total. The minimum absolute atomic E-state index is 0.555. The summed E-state index contributed by atoms with van der Waals surface area (Å²) in [4.78, 5) is 8.32. The van der Waals surface area contributed by atoms with Crippen molar-refractivity contribution < 1.29 is 9.47 Å². The highest BCUT2D eigenvalue weighted by atomic mass is 79.9. The van der Waals surface area contributed by atoms with Gasteiger partial charge in [0, 0.05) is 19.1 Å². The van der Waals surface area contributed by atoms with Crippen molar-refractivity contribution in [3.63, 3.8) is 0 Å². The number of ether oxygens (including phenoxy) is 2. The lowest BCUT2D eigenvalue weighted by molar-refractivity contribution is 0.218. The quantitative estimate of drug-likeness (QED) is 0.468. The molecule has 0 aliphatic carbocycles. The first-order valence-corrected chi connectivity index (χ1v) is 5.74. The first-order valence-electron chi connectivity index (χ1n) is 3.96. The first kappa shape index (κ1) is 11.7. The molecule has 4 nitrogen and oxygen atoms in total. The molecule has 0 amide bonds. The van der Waals surface area contributed by atoms with Crippen molar-refractivity contribution in [3.05, 3.63) is 10.7 Å². The molecule has 1 aromatic heterocycles. The third-order valence-electron chi connectivity index (χ3n) is 1.40. The van der Waals surface area contributed by atoms with Gasteiger partial charge in [-0.1, -0.05) is 11.8 Å². The Bertz CT molecular complexity index is 299. The van der Waals surface area contributed by atoms with E-state index >= 15 is 0 Å². The van der Waals surface area contributed by atoms with Gasteiger partial charge < -0.3 is 9.47 Å². The van der Waals surface area contributed by atoms with Gasteiger partial charge in [-0.15, -0.1) is 0 Å². The van der Waals surface area contributed by atoms with Crippen LogP contribution in [0.4, 0.5) is 0 Å². The molecule has 1 heterocycles. The number of aromatic nitrogens is 2. The number of hydrogen-bond donors (Lipinski definition) is 0. The fourth-order valence-electron chi connectivity index (χ4n) is 0.765. The number of thioether (sulfide) groups is 1. The van der Waals surface area contributed by atoms with E-state index in [1.54, 1.807) is 20.4 Å². The van der Waals surface area contributed by atoms with Crippen LogP contribution in [0.15, 0.2) is 15.8 Å². The molecule has 0 spiro atoms. The molecule has 0 radical (unpaired) electrons. The minimum atomic E-state index is 0.555. The van der Waals surface area contributed by atoms with Gasteiger partial charge in [0.1, 0.15) is 0 Å². The molecule has 0 saturated carbocycles. The lowest BCUT2D eigenvalue weighted by Crippen LogP contribution is -1.96. The van der Waals surface area contributed by atoms with Crippen LogP contribution in [0.3, 0.4) is 0 Å². The highest BCUT2D eigenvalue weighted by Gasteiger charge is 2.04. The highest BCUT2D eigenvalue weighted by molar-refractivity contribution is 9.10. The Kier molecular flexibility index (Phi) is 5.21. The zero-order valence-corrected chi connectivity index (χ0v) is 10.4. The zero-order valence-electron chi connectivity index (χ0n) is 7.99. The molecule has 6 heteroatoms. The van der Waals surface area contributed by atoms with Gasteiger partial charge in [0.25, 0.3) is 0 Å². The third-order valence-corrected chi connectivity index (χ3v) is 2.77. The second kappa shape index (κ2) is 6.21. The molecule has 0 saturated heterocycles.